The molecule has 25 heavy (non-hydrogen) atoms. The van der Waals surface area contributed by atoms with E-state index in [-0.39, 0.29) is 17.3 Å². The highest BCUT2D eigenvalue weighted by Gasteiger charge is 2.53. The van der Waals surface area contributed by atoms with Crippen molar-refractivity contribution in [3.63, 3.8) is 0 Å². The second kappa shape index (κ2) is 5.95. The second-order valence-electron chi connectivity index (χ2n) is 6.83. The number of hydrogen-bond donors (Lipinski definition) is 0. The first kappa shape index (κ1) is 16.3. The van der Waals surface area contributed by atoms with Gasteiger partial charge in [0.1, 0.15) is 5.82 Å². The standard InChI is InChI=1S/C18H19ClN4O2/c1-11(2)25-14-6-5-12(9-20-14)23-15-13(10-21-17(19)22-15)18(16(23)24)7-3-4-8-18/h5-6,9-11H,3-4,7-8H2,1-2H3. The fraction of sp³-hybridized carbons (Fsp3) is 0.444. The summed E-state index contributed by atoms with van der Waals surface area (Å²) in [6, 6.07) is 3.60. The minimum Gasteiger partial charge on any atom is -0.475 e. The van der Waals surface area contributed by atoms with Crippen molar-refractivity contribution in [3.8, 4) is 5.88 Å². The lowest BCUT2D eigenvalue weighted by atomic mass is 9.81. The summed E-state index contributed by atoms with van der Waals surface area (Å²) < 4.78 is 5.58. The van der Waals surface area contributed by atoms with E-state index >= 15 is 0 Å². The maximum Gasteiger partial charge on any atom is 0.243 e. The molecule has 6 nitrogen and oxygen atoms in total. The van der Waals surface area contributed by atoms with Gasteiger partial charge in [-0.05, 0) is 44.4 Å². The Morgan fingerprint density at radius 3 is 2.60 bits per heavy atom. The Labute approximate surface area is 151 Å². The molecule has 0 N–H and O–H groups in total. The third-order valence-electron chi connectivity index (χ3n) is 4.87. The number of halogens is 1. The molecule has 3 heterocycles. The molecule has 2 aromatic rings. The Kier molecular flexibility index (Phi) is 3.87. The van der Waals surface area contributed by atoms with Crippen LogP contribution in [0.15, 0.2) is 24.5 Å². The Hall–Kier alpha value is -2.21. The van der Waals surface area contributed by atoms with Gasteiger partial charge in [-0.15, -0.1) is 0 Å². The number of amides is 1. The quantitative estimate of drug-likeness (QED) is 0.780. The molecule has 4 rings (SSSR count). The van der Waals surface area contributed by atoms with Crippen molar-refractivity contribution < 1.29 is 9.53 Å². The third-order valence-corrected chi connectivity index (χ3v) is 5.05. The summed E-state index contributed by atoms with van der Waals surface area (Å²) in [5, 5.41) is 0.138. The van der Waals surface area contributed by atoms with E-state index in [1.165, 1.54) is 0 Å². The van der Waals surface area contributed by atoms with Crippen LogP contribution in [0.5, 0.6) is 5.88 Å². The molecule has 1 saturated carbocycles. The van der Waals surface area contributed by atoms with Crippen LogP contribution < -0.4 is 9.64 Å². The van der Waals surface area contributed by atoms with Gasteiger partial charge in [0.2, 0.25) is 17.1 Å². The van der Waals surface area contributed by atoms with Crippen LogP contribution in [0.25, 0.3) is 0 Å². The topological polar surface area (TPSA) is 68.2 Å². The Morgan fingerprint density at radius 2 is 1.96 bits per heavy atom. The first-order valence-corrected chi connectivity index (χ1v) is 8.89. The summed E-state index contributed by atoms with van der Waals surface area (Å²) in [5.41, 5.74) is 1.02. The van der Waals surface area contributed by atoms with Crippen LogP contribution in [0.2, 0.25) is 5.28 Å². The molecule has 0 bridgehead atoms. The first-order chi connectivity index (χ1) is 12.0. The van der Waals surface area contributed by atoms with Crippen LogP contribution in [0.3, 0.4) is 0 Å². The predicted molar refractivity (Wildman–Crippen MR) is 94.3 cm³/mol. The van der Waals surface area contributed by atoms with Gasteiger partial charge in [-0.1, -0.05) is 12.8 Å². The molecule has 2 aromatic heterocycles. The third kappa shape index (κ3) is 2.56. The van der Waals surface area contributed by atoms with Gasteiger partial charge in [0.05, 0.1) is 23.4 Å². The van der Waals surface area contributed by atoms with E-state index in [0.717, 1.165) is 31.2 Å². The van der Waals surface area contributed by atoms with E-state index in [9.17, 15) is 4.79 Å². The molecule has 0 atom stereocenters. The van der Waals surface area contributed by atoms with Crippen LogP contribution >= 0.6 is 11.6 Å². The number of hydrogen-bond acceptors (Lipinski definition) is 5. The summed E-state index contributed by atoms with van der Waals surface area (Å²) in [7, 11) is 0. The fourth-order valence-electron chi connectivity index (χ4n) is 3.80. The number of nitrogens with zero attached hydrogens (tertiary/aromatic N) is 4. The number of carbonyl (C=O) groups is 1. The number of aromatic nitrogens is 3. The fourth-order valence-corrected chi connectivity index (χ4v) is 3.93. The molecule has 1 fully saturated rings. The summed E-state index contributed by atoms with van der Waals surface area (Å²) in [5.74, 6) is 1.14. The first-order valence-electron chi connectivity index (χ1n) is 8.51. The van der Waals surface area contributed by atoms with E-state index in [4.69, 9.17) is 16.3 Å². The second-order valence-corrected chi connectivity index (χ2v) is 7.17. The van der Waals surface area contributed by atoms with Gasteiger partial charge in [0.25, 0.3) is 0 Å². The van der Waals surface area contributed by atoms with Crippen LogP contribution in [-0.2, 0) is 10.2 Å². The van der Waals surface area contributed by atoms with Crippen LogP contribution in [0.4, 0.5) is 11.5 Å². The lowest BCUT2D eigenvalue weighted by Crippen LogP contribution is -2.36. The average Bonchev–Trinajstić information content (AvgIpc) is 3.14. The van der Waals surface area contributed by atoms with Gasteiger partial charge < -0.3 is 4.74 Å². The molecular weight excluding hydrogens is 340 g/mol. The normalized spacial score (nSPS) is 18.2. The zero-order valence-corrected chi connectivity index (χ0v) is 15.0. The van der Waals surface area contributed by atoms with Crippen molar-refractivity contribution in [2.45, 2.75) is 51.0 Å². The van der Waals surface area contributed by atoms with Crippen molar-refractivity contribution in [1.82, 2.24) is 15.0 Å². The number of carbonyl (C=O) groups excluding carboxylic acids is 1. The SMILES string of the molecule is CC(C)Oc1ccc(N2C(=O)C3(CCCC3)c3cnc(Cl)nc32)cn1. The molecule has 0 radical (unpaired) electrons. The van der Waals surface area contributed by atoms with Crippen molar-refractivity contribution in [2.75, 3.05) is 4.90 Å². The molecule has 0 aromatic carbocycles. The summed E-state index contributed by atoms with van der Waals surface area (Å²) in [6.07, 6.45) is 7.09. The summed E-state index contributed by atoms with van der Waals surface area (Å²) in [4.78, 5) is 27.7. The van der Waals surface area contributed by atoms with E-state index in [1.54, 1.807) is 23.4 Å². The minimum absolute atomic E-state index is 0.0379. The van der Waals surface area contributed by atoms with Gasteiger partial charge in [0.15, 0.2) is 0 Å². The molecule has 1 amide bonds. The molecule has 1 aliphatic carbocycles. The average molecular weight is 359 g/mol. The van der Waals surface area contributed by atoms with E-state index in [0.29, 0.717) is 17.4 Å². The van der Waals surface area contributed by atoms with E-state index in [2.05, 4.69) is 15.0 Å². The predicted octanol–water partition coefficient (Wildman–Crippen LogP) is 3.80. The summed E-state index contributed by atoms with van der Waals surface area (Å²) in [6.45, 7) is 3.89. The zero-order chi connectivity index (χ0) is 17.6. The van der Waals surface area contributed by atoms with Gasteiger partial charge >= 0.3 is 0 Å². The smallest absolute Gasteiger partial charge is 0.243 e. The molecular formula is C18H19ClN4O2. The Balaban J connectivity index is 1.77. The number of rotatable bonds is 3. The molecule has 2 aliphatic rings. The maximum atomic E-state index is 13.3. The lowest BCUT2D eigenvalue weighted by Gasteiger charge is -2.22. The van der Waals surface area contributed by atoms with Crippen molar-refractivity contribution in [2.24, 2.45) is 0 Å². The highest BCUT2D eigenvalue weighted by Crippen LogP contribution is 2.52. The number of ether oxygens (including phenoxy) is 1. The van der Waals surface area contributed by atoms with Gasteiger partial charge in [0, 0.05) is 17.8 Å². The lowest BCUT2D eigenvalue weighted by molar-refractivity contribution is -0.122. The molecule has 1 spiro atoms. The molecule has 130 valence electrons. The van der Waals surface area contributed by atoms with Crippen LogP contribution in [-0.4, -0.2) is 27.0 Å². The van der Waals surface area contributed by atoms with E-state index < -0.39 is 5.41 Å². The number of pyridine rings is 1. The van der Waals surface area contributed by atoms with Crippen molar-refractivity contribution >= 4 is 29.0 Å². The Morgan fingerprint density at radius 1 is 1.20 bits per heavy atom. The summed E-state index contributed by atoms with van der Waals surface area (Å²) >= 11 is 6.01. The maximum absolute atomic E-state index is 13.3. The number of fused-ring (bicyclic) bond motifs is 2. The van der Waals surface area contributed by atoms with Gasteiger partial charge in [-0.3, -0.25) is 9.69 Å². The van der Waals surface area contributed by atoms with Crippen LogP contribution in [0, 0.1) is 0 Å². The van der Waals surface area contributed by atoms with Crippen molar-refractivity contribution in [3.05, 3.63) is 35.4 Å². The highest BCUT2D eigenvalue weighted by molar-refractivity contribution is 6.28. The number of anilines is 2. The highest BCUT2D eigenvalue weighted by atomic mass is 35.5. The molecule has 1 aliphatic heterocycles. The van der Waals surface area contributed by atoms with Gasteiger partial charge in [-0.25, -0.2) is 9.97 Å². The molecule has 0 unspecified atom stereocenters. The molecule has 7 heteroatoms. The van der Waals surface area contributed by atoms with Crippen LogP contribution in [0.1, 0.15) is 45.1 Å². The Bertz CT molecular complexity index is 816. The zero-order valence-electron chi connectivity index (χ0n) is 14.2. The monoisotopic (exact) mass is 358 g/mol. The minimum atomic E-state index is -0.521. The molecule has 0 saturated heterocycles. The largest absolute Gasteiger partial charge is 0.475 e. The van der Waals surface area contributed by atoms with Gasteiger partial charge in [-0.2, -0.15) is 4.98 Å². The van der Waals surface area contributed by atoms with Crippen molar-refractivity contribution in [1.29, 1.82) is 0 Å². The van der Waals surface area contributed by atoms with E-state index in [1.807, 2.05) is 19.9 Å².